The molecule has 0 aliphatic carbocycles. The average molecular weight is 279 g/mol. The molecule has 0 aliphatic heterocycles. The van der Waals surface area contributed by atoms with Crippen molar-refractivity contribution in [3.63, 3.8) is 0 Å². The second-order valence-electron chi connectivity index (χ2n) is 5.97. The lowest BCUT2D eigenvalue weighted by atomic mass is 10.1. The highest BCUT2D eigenvalue weighted by Crippen LogP contribution is 2.15. The van der Waals surface area contributed by atoms with E-state index in [0.29, 0.717) is 19.7 Å². The summed E-state index contributed by atoms with van der Waals surface area (Å²) in [5.74, 6) is 0.0935. The summed E-state index contributed by atoms with van der Waals surface area (Å²) in [6.07, 6.45) is 0.154. The van der Waals surface area contributed by atoms with Gasteiger partial charge in [-0.05, 0) is 45.4 Å². The third kappa shape index (κ3) is 6.06. The Bertz CT molecular complexity index is 438. The molecule has 1 aromatic rings. The number of hydrogen-bond acceptors (Lipinski definition) is 3. The van der Waals surface area contributed by atoms with Gasteiger partial charge in [-0.1, -0.05) is 12.1 Å². The lowest BCUT2D eigenvalue weighted by Crippen LogP contribution is -2.44. The van der Waals surface area contributed by atoms with Gasteiger partial charge in [0.05, 0.1) is 6.42 Å². The number of nitrogens with zero attached hydrogens (tertiary/aromatic N) is 1. The van der Waals surface area contributed by atoms with Crippen LogP contribution in [0.15, 0.2) is 24.3 Å². The Kier molecular flexibility index (Phi) is 6.02. The van der Waals surface area contributed by atoms with E-state index >= 15 is 0 Å². The van der Waals surface area contributed by atoms with E-state index in [9.17, 15) is 4.79 Å². The Morgan fingerprint density at radius 3 is 2.55 bits per heavy atom. The normalized spacial score (nSPS) is 11.7. The molecule has 20 heavy (non-hydrogen) atoms. The van der Waals surface area contributed by atoms with Crippen molar-refractivity contribution in [1.29, 1.82) is 0 Å². The van der Waals surface area contributed by atoms with Crippen molar-refractivity contribution in [2.75, 3.05) is 19.7 Å². The SMILES string of the molecule is Cc1cccc(OCCN(CCC(=O)O)C(C)(C)C)c1. The van der Waals surface area contributed by atoms with Gasteiger partial charge in [-0.3, -0.25) is 9.69 Å². The van der Waals surface area contributed by atoms with Gasteiger partial charge in [0.2, 0.25) is 0 Å². The van der Waals surface area contributed by atoms with Crippen molar-refractivity contribution in [2.45, 2.75) is 39.7 Å². The summed E-state index contributed by atoms with van der Waals surface area (Å²) in [5.41, 5.74) is 1.10. The lowest BCUT2D eigenvalue weighted by molar-refractivity contribution is -0.137. The molecule has 0 amide bonds. The first-order chi connectivity index (χ1) is 9.29. The van der Waals surface area contributed by atoms with Crippen molar-refractivity contribution in [3.8, 4) is 5.75 Å². The number of carbonyl (C=O) groups is 1. The van der Waals surface area contributed by atoms with Gasteiger partial charge < -0.3 is 9.84 Å². The zero-order valence-corrected chi connectivity index (χ0v) is 12.8. The van der Waals surface area contributed by atoms with E-state index in [1.807, 2.05) is 31.2 Å². The number of aliphatic carboxylic acids is 1. The second kappa shape index (κ2) is 7.29. The fraction of sp³-hybridized carbons (Fsp3) is 0.562. The highest BCUT2D eigenvalue weighted by molar-refractivity contribution is 5.66. The summed E-state index contributed by atoms with van der Waals surface area (Å²) < 4.78 is 5.73. The van der Waals surface area contributed by atoms with E-state index in [4.69, 9.17) is 9.84 Å². The van der Waals surface area contributed by atoms with Crippen LogP contribution in [0.4, 0.5) is 0 Å². The fourth-order valence-electron chi connectivity index (χ4n) is 1.99. The van der Waals surface area contributed by atoms with Gasteiger partial charge in [-0.25, -0.2) is 0 Å². The molecule has 1 rings (SSSR count). The molecule has 0 aliphatic rings. The summed E-state index contributed by atoms with van der Waals surface area (Å²) in [6, 6.07) is 7.93. The standard InChI is InChI=1S/C16H25NO3/c1-13-6-5-7-14(12-13)20-11-10-17(16(2,3)4)9-8-15(18)19/h5-7,12H,8-11H2,1-4H3,(H,18,19). The third-order valence-electron chi connectivity index (χ3n) is 3.16. The van der Waals surface area contributed by atoms with Crippen molar-refractivity contribution in [3.05, 3.63) is 29.8 Å². The van der Waals surface area contributed by atoms with Gasteiger partial charge in [0.1, 0.15) is 12.4 Å². The number of carboxylic acid groups (broad SMARTS) is 1. The highest BCUT2D eigenvalue weighted by Gasteiger charge is 2.21. The number of benzene rings is 1. The molecule has 0 fully saturated rings. The number of ether oxygens (including phenoxy) is 1. The number of carboxylic acids is 1. The van der Waals surface area contributed by atoms with E-state index in [-0.39, 0.29) is 12.0 Å². The summed E-state index contributed by atoms with van der Waals surface area (Å²) >= 11 is 0. The molecule has 0 unspecified atom stereocenters. The first kappa shape index (κ1) is 16.5. The smallest absolute Gasteiger partial charge is 0.304 e. The van der Waals surface area contributed by atoms with Crippen LogP contribution in [0, 0.1) is 6.92 Å². The Morgan fingerprint density at radius 1 is 1.30 bits per heavy atom. The first-order valence-corrected chi connectivity index (χ1v) is 6.95. The van der Waals surface area contributed by atoms with Gasteiger partial charge in [0.25, 0.3) is 0 Å². The van der Waals surface area contributed by atoms with Crippen LogP contribution in [-0.2, 0) is 4.79 Å². The van der Waals surface area contributed by atoms with Crippen molar-refractivity contribution >= 4 is 5.97 Å². The van der Waals surface area contributed by atoms with Crippen LogP contribution < -0.4 is 4.74 Å². The van der Waals surface area contributed by atoms with E-state index in [1.165, 1.54) is 5.56 Å². The molecule has 0 saturated heterocycles. The summed E-state index contributed by atoms with van der Waals surface area (Å²) in [7, 11) is 0. The van der Waals surface area contributed by atoms with Gasteiger partial charge >= 0.3 is 5.97 Å². The lowest BCUT2D eigenvalue weighted by Gasteiger charge is -2.35. The summed E-state index contributed by atoms with van der Waals surface area (Å²) in [4.78, 5) is 12.8. The van der Waals surface area contributed by atoms with Crippen molar-refractivity contribution in [1.82, 2.24) is 4.90 Å². The van der Waals surface area contributed by atoms with Gasteiger partial charge in [-0.15, -0.1) is 0 Å². The number of rotatable bonds is 7. The van der Waals surface area contributed by atoms with Crippen LogP contribution in [0.2, 0.25) is 0 Å². The molecule has 4 heteroatoms. The third-order valence-corrected chi connectivity index (χ3v) is 3.16. The molecule has 0 radical (unpaired) electrons. The molecule has 0 bridgehead atoms. The Morgan fingerprint density at radius 2 is 2.00 bits per heavy atom. The minimum atomic E-state index is -0.765. The van der Waals surface area contributed by atoms with Crippen molar-refractivity contribution < 1.29 is 14.6 Å². The van der Waals surface area contributed by atoms with Crippen LogP contribution in [0.3, 0.4) is 0 Å². The van der Waals surface area contributed by atoms with Crippen LogP contribution in [0.25, 0.3) is 0 Å². The highest BCUT2D eigenvalue weighted by atomic mass is 16.5. The minimum absolute atomic E-state index is 0.0641. The molecular weight excluding hydrogens is 254 g/mol. The maximum atomic E-state index is 10.7. The Labute approximate surface area is 121 Å². The molecule has 0 aromatic heterocycles. The molecule has 4 nitrogen and oxygen atoms in total. The van der Waals surface area contributed by atoms with Gasteiger partial charge in [-0.2, -0.15) is 0 Å². The number of aryl methyl sites for hydroxylation is 1. The van der Waals surface area contributed by atoms with E-state index in [0.717, 1.165) is 5.75 Å². The second-order valence-corrected chi connectivity index (χ2v) is 5.97. The molecule has 1 aromatic carbocycles. The molecule has 0 spiro atoms. The maximum Gasteiger partial charge on any atom is 0.304 e. The average Bonchev–Trinajstić information content (AvgIpc) is 2.31. The van der Waals surface area contributed by atoms with Crippen LogP contribution >= 0.6 is 0 Å². The zero-order chi connectivity index (χ0) is 15.2. The molecule has 0 atom stereocenters. The predicted molar refractivity (Wildman–Crippen MR) is 80.3 cm³/mol. The zero-order valence-electron chi connectivity index (χ0n) is 12.8. The van der Waals surface area contributed by atoms with Crippen molar-refractivity contribution in [2.24, 2.45) is 0 Å². The summed E-state index contributed by atoms with van der Waals surface area (Å²) in [5, 5.41) is 8.80. The van der Waals surface area contributed by atoms with Crippen LogP contribution in [0.5, 0.6) is 5.75 Å². The quantitative estimate of drug-likeness (QED) is 0.833. The number of hydrogen-bond donors (Lipinski definition) is 1. The minimum Gasteiger partial charge on any atom is -0.492 e. The predicted octanol–water partition coefficient (Wildman–Crippen LogP) is 2.95. The molecule has 1 N–H and O–H groups in total. The molecule has 0 heterocycles. The van der Waals surface area contributed by atoms with E-state index in [1.54, 1.807) is 0 Å². The summed E-state index contributed by atoms with van der Waals surface area (Å²) in [6.45, 7) is 10.1. The topological polar surface area (TPSA) is 49.8 Å². The Balaban J connectivity index is 2.48. The molecular formula is C16H25NO3. The van der Waals surface area contributed by atoms with Gasteiger partial charge in [0.15, 0.2) is 0 Å². The Hall–Kier alpha value is -1.55. The molecule has 0 saturated carbocycles. The van der Waals surface area contributed by atoms with Gasteiger partial charge in [0, 0.05) is 18.6 Å². The largest absolute Gasteiger partial charge is 0.492 e. The maximum absolute atomic E-state index is 10.7. The van der Waals surface area contributed by atoms with Crippen LogP contribution in [0.1, 0.15) is 32.8 Å². The monoisotopic (exact) mass is 279 g/mol. The fourth-order valence-corrected chi connectivity index (χ4v) is 1.99. The van der Waals surface area contributed by atoms with E-state index in [2.05, 4.69) is 25.7 Å². The van der Waals surface area contributed by atoms with Crippen LogP contribution in [-0.4, -0.2) is 41.2 Å². The van der Waals surface area contributed by atoms with E-state index < -0.39 is 5.97 Å². The molecule has 112 valence electrons. The first-order valence-electron chi connectivity index (χ1n) is 6.95.